The lowest BCUT2D eigenvalue weighted by atomic mass is 9.91. The van der Waals surface area contributed by atoms with Crippen LogP contribution in [0.5, 0.6) is 0 Å². The van der Waals surface area contributed by atoms with E-state index in [0.29, 0.717) is 13.2 Å². The third-order valence-electron chi connectivity index (χ3n) is 7.25. The third-order valence-corrected chi connectivity index (χ3v) is 7.25. The van der Waals surface area contributed by atoms with Crippen molar-refractivity contribution in [1.82, 2.24) is 0 Å². The summed E-state index contributed by atoms with van der Waals surface area (Å²) in [5, 5.41) is 12.0. The molecule has 5 atom stereocenters. The molecule has 6 nitrogen and oxygen atoms in total. The first kappa shape index (κ1) is 30.7. The van der Waals surface area contributed by atoms with Crippen molar-refractivity contribution in [2.24, 2.45) is 0 Å². The molecule has 0 aliphatic carbocycles. The SMILES string of the molecule is CC#C[C@]1(O)OC(COCc2ccccc2)[C@@H](OCc2ccccc2)C(OCc2ccccc2)C1OCc1ccccc1. The predicted octanol–water partition coefficient (Wildman–Crippen LogP) is 6.07. The molecule has 0 saturated carbocycles. The van der Waals surface area contributed by atoms with Crippen LogP contribution in [-0.2, 0) is 50.1 Å². The van der Waals surface area contributed by atoms with Gasteiger partial charge < -0.3 is 28.8 Å². The van der Waals surface area contributed by atoms with Gasteiger partial charge in [0.15, 0.2) is 6.10 Å². The van der Waals surface area contributed by atoms with Gasteiger partial charge in [0.05, 0.1) is 33.0 Å². The van der Waals surface area contributed by atoms with E-state index in [1.165, 1.54) is 0 Å². The normalized spacial score (nSPS) is 23.3. The maximum atomic E-state index is 12.0. The van der Waals surface area contributed by atoms with E-state index in [1.807, 2.05) is 121 Å². The Morgan fingerprint density at radius 1 is 0.605 bits per heavy atom. The molecule has 1 heterocycles. The minimum absolute atomic E-state index is 0.151. The van der Waals surface area contributed by atoms with Crippen LogP contribution in [0, 0.1) is 11.8 Å². The van der Waals surface area contributed by atoms with Gasteiger partial charge >= 0.3 is 0 Å². The molecule has 0 radical (unpaired) electrons. The zero-order valence-corrected chi connectivity index (χ0v) is 24.4. The lowest BCUT2D eigenvalue weighted by Crippen LogP contribution is -2.66. The van der Waals surface area contributed by atoms with Gasteiger partial charge in [0, 0.05) is 0 Å². The molecule has 6 heteroatoms. The number of benzene rings is 4. The molecular weight excluding hydrogens is 540 g/mol. The number of hydrogen-bond acceptors (Lipinski definition) is 6. The highest BCUT2D eigenvalue weighted by atomic mass is 16.7. The van der Waals surface area contributed by atoms with Crippen LogP contribution >= 0.6 is 0 Å². The van der Waals surface area contributed by atoms with Crippen LogP contribution in [0.3, 0.4) is 0 Å². The first-order valence-electron chi connectivity index (χ1n) is 14.6. The van der Waals surface area contributed by atoms with Crippen molar-refractivity contribution in [2.75, 3.05) is 6.61 Å². The average molecular weight is 579 g/mol. The summed E-state index contributed by atoms with van der Waals surface area (Å²) in [4.78, 5) is 0. The summed E-state index contributed by atoms with van der Waals surface area (Å²) in [7, 11) is 0. The Kier molecular flexibility index (Phi) is 11.1. The Morgan fingerprint density at radius 2 is 1.02 bits per heavy atom. The molecule has 1 aliphatic rings. The molecule has 222 valence electrons. The van der Waals surface area contributed by atoms with Gasteiger partial charge in [-0.15, -0.1) is 5.92 Å². The first-order chi connectivity index (χ1) is 21.1. The van der Waals surface area contributed by atoms with Gasteiger partial charge in [-0.2, -0.15) is 0 Å². The highest BCUT2D eigenvalue weighted by Crippen LogP contribution is 2.35. The van der Waals surface area contributed by atoms with Gasteiger partial charge in [-0.1, -0.05) is 121 Å². The molecule has 43 heavy (non-hydrogen) atoms. The van der Waals surface area contributed by atoms with E-state index in [4.69, 9.17) is 23.7 Å². The van der Waals surface area contributed by atoms with E-state index in [2.05, 4.69) is 11.8 Å². The minimum atomic E-state index is -1.96. The van der Waals surface area contributed by atoms with Gasteiger partial charge in [-0.3, -0.25) is 0 Å². The number of ether oxygens (including phenoxy) is 5. The van der Waals surface area contributed by atoms with Crippen molar-refractivity contribution < 1.29 is 28.8 Å². The lowest BCUT2D eigenvalue weighted by Gasteiger charge is -2.48. The predicted molar refractivity (Wildman–Crippen MR) is 164 cm³/mol. The van der Waals surface area contributed by atoms with Crippen LogP contribution in [0.2, 0.25) is 0 Å². The smallest absolute Gasteiger partial charge is 0.261 e. The second kappa shape index (κ2) is 15.6. The molecule has 1 aliphatic heterocycles. The van der Waals surface area contributed by atoms with Crippen LogP contribution in [0.4, 0.5) is 0 Å². The molecule has 0 aromatic heterocycles. The van der Waals surface area contributed by atoms with Gasteiger partial charge in [0.2, 0.25) is 0 Å². The molecule has 0 bridgehead atoms. The number of rotatable bonds is 13. The fourth-order valence-corrected chi connectivity index (χ4v) is 5.13. The zero-order chi connectivity index (χ0) is 29.7. The van der Waals surface area contributed by atoms with E-state index < -0.39 is 30.2 Å². The summed E-state index contributed by atoms with van der Waals surface area (Å²) >= 11 is 0. The second-order valence-corrected chi connectivity index (χ2v) is 10.5. The Labute approximate surface area is 254 Å². The maximum Gasteiger partial charge on any atom is 0.261 e. The van der Waals surface area contributed by atoms with E-state index in [1.54, 1.807) is 6.92 Å². The highest BCUT2D eigenvalue weighted by molar-refractivity contribution is 5.20. The zero-order valence-electron chi connectivity index (χ0n) is 24.4. The topological polar surface area (TPSA) is 66.4 Å². The summed E-state index contributed by atoms with van der Waals surface area (Å²) in [5.41, 5.74) is 3.97. The van der Waals surface area contributed by atoms with Crippen LogP contribution in [-0.4, -0.2) is 41.9 Å². The van der Waals surface area contributed by atoms with Gasteiger partial charge in [0.25, 0.3) is 5.79 Å². The van der Waals surface area contributed by atoms with Gasteiger partial charge in [-0.05, 0) is 35.1 Å². The molecule has 1 fully saturated rings. The molecule has 3 unspecified atom stereocenters. The highest BCUT2D eigenvalue weighted by Gasteiger charge is 2.56. The van der Waals surface area contributed by atoms with Crippen molar-refractivity contribution >= 4 is 0 Å². The summed E-state index contributed by atoms with van der Waals surface area (Å²) in [6.45, 7) is 3.03. The molecule has 4 aromatic rings. The fraction of sp³-hybridized carbons (Fsp3) is 0.297. The minimum Gasteiger partial charge on any atom is -0.374 e. The van der Waals surface area contributed by atoms with Crippen LogP contribution < -0.4 is 0 Å². The number of hydrogen-bond donors (Lipinski definition) is 1. The first-order valence-corrected chi connectivity index (χ1v) is 14.6. The monoisotopic (exact) mass is 578 g/mol. The standard InChI is InChI=1S/C37H38O6/c1-2-23-37(38)36(42-27-32-21-13-6-14-22-32)35(41-26-31-19-11-5-12-20-31)34(40-25-30-17-9-4-10-18-30)33(43-37)28-39-24-29-15-7-3-8-16-29/h3-22,33-36,38H,24-28H2,1H3/t33?,34-,35?,36?,37+/m1/s1. The molecule has 4 aromatic carbocycles. The van der Waals surface area contributed by atoms with Gasteiger partial charge in [-0.25, -0.2) is 0 Å². The maximum absolute atomic E-state index is 12.0. The average Bonchev–Trinajstić information content (AvgIpc) is 3.05. The van der Waals surface area contributed by atoms with E-state index in [9.17, 15) is 5.11 Å². The summed E-state index contributed by atoms with van der Waals surface area (Å²) in [6.07, 6.45) is -3.05. The molecular formula is C37H38O6. The van der Waals surface area contributed by atoms with Crippen LogP contribution in [0.1, 0.15) is 29.2 Å². The van der Waals surface area contributed by atoms with Crippen molar-refractivity contribution in [1.29, 1.82) is 0 Å². The second-order valence-electron chi connectivity index (χ2n) is 10.5. The van der Waals surface area contributed by atoms with E-state index in [0.717, 1.165) is 22.3 Å². The van der Waals surface area contributed by atoms with Crippen molar-refractivity contribution in [3.05, 3.63) is 144 Å². The summed E-state index contributed by atoms with van der Waals surface area (Å²) < 4.78 is 32.1. The summed E-state index contributed by atoms with van der Waals surface area (Å²) in [6, 6.07) is 39.5. The molecule has 0 spiro atoms. The third kappa shape index (κ3) is 8.62. The molecule has 1 N–H and O–H groups in total. The lowest BCUT2D eigenvalue weighted by molar-refractivity contribution is -0.347. The molecule has 5 rings (SSSR count). The quantitative estimate of drug-likeness (QED) is 0.194. The van der Waals surface area contributed by atoms with Gasteiger partial charge in [0.1, 0.15) is 18.3 Å². The number of aliphatic hydroxyl groups is 1. The largest absolute Gasteiger partial charge is 0.374 e. The Hall–Kier alpha value is -3.80. The van der Waals surface area contributed by atoms with Crippen molar-refractivity contribution in [3.63, 3.8) is 0 Å². The van der Waals surface area contributed by atoms with E-state index in [-0.39, 0.29) is 19.8 Å². The van der Waals surface area contributed by atoms with Crippen molar-refractivity contribution in [2.45, 2.75) is 63.6 Å². The molecule has 0 amide bonds. The van der Waals surface area contributed by atoms with Crippen molar-refractivity contribution in [3.8, 4) is 11.8 Å². The Morgan fingerprint density at radius 3 is 1.49 bits per heavy atom. The van der Waals surface area contributed by atoms with Crippen LogP contribution in [0.25, 0.3) is 0 Å². The summed E-state index contributed by atoms with van der Waals surface area (Å²) in [5.74, 6) is 3.75. The fourth-order valence-electron chi connectivity index (χ4n) is 5.13. The molecule has 1 saturated heterocycles. The Balaban J connectivity index is 1.45. The van der Waals surface area contributed by atoms with E-state index >= 15 is 0 Å². The van der Waals surface area contributed by atoms with Crippen LogP contribution in [0.15, 0.2) is 121 Å². The Bertz CT molecular complexity index is 1420.